The average molecular weight is 394 g/mol. The zero-order valence-corrected chi connectivity index (χ0v) is 16.4. The molecule has 2 heterocycles. The molecule has 0 radical (unpaired) electrons. The quantitative estimate of drug-likeness (QED) is 0.483. The summed E-state index contributed by atoms with van der Waals surface area (Å²) in [6.45, 7) is 3.45. The van der Waals surface area contributed by atoms with Crippen molar-refractivity contribution in [2.45, 2.75) is 32.4 Å². The molecule has 29 heavy (non-hydrogen) atoms. The number of likely N-dealkylation sites (tertiary alicyclic amines) is 1. The molecule has 1 atom stereocenters. The van der Waals surface area contributed by atoms with Crippen molar-refractivity contribution in [3.05, 3.63) is 64.0 Å². The van der Waals surface area contributed by atoms with Crippen LogP contribution in [-0.2, 0) is 6.54 Å². The normalized spacial score (nSPS) is 16.3. The molecule has 0 N–H and O–H groups in total. The monoisotopic (exact) mass is 394 g/mol. The molecular formula is C21H22N4O4. The van der Waals surface area contributed by atoms with Crippen LogP contribution in [0, 0.1) is 10.1 Å². The SMILES string of the molecule is CCn1c(C2CCCN2C(=O)c2ccc([N+](=O)[O-])c(OC)c2)nc2ccccc21. The summed E-state index contributed by atoms with van der Waals surface area (Å²) in [5.74, 6) is 0.793. The molecule has 3 aromatic rings. The van der Waals surface area contributed by atoms with Gasteiger partial charge in [0.2, 0.25) is 0 Å². The van der Waals surface area contributed by atoms with Crippen molar-refractivity contribution in [1.29, 1.82) is 0 Å². The van der Waals surface area contributed by atoms with Gasteiger partial charge < -0.3 is 14.2 Å². The fourth-order valence-electron chi connectivity index (χ4n) is 4.09. The summed E-state index contributed by atoms with van der Waals surface area (Å²) >= 11 is 0. The van der Waals surface area contributed by atoms with Gasteiger partial charge in [0, 0.05) is 30.8 Å². The predicted octanol–water partition coefficient (Wildman–Crippen LogP) is 3.95. The highest BCUT2D eigenvalue weighted by Crippen LogP contribution is 2.35. The molecule has 8 nitrogen and oxygen atoms in total. The van der Waals surface area contributed by atoms with Crippen LogP contribution in [0.3, 0.4) is 0 Å². The van der Waals surface area contributed by atoms with Gasteiger partial charge in [0.15, 0.2) is 5.75 Å². The maximum Gasteiger partial charge on any atom is 0.310 e. The van der Waals surface area contributed by atoms with Crippen molar-refractivity contribution in [2.24, 2.45) is 0 Å². The number of carbonyl (C=O) groups excluding carboxylic acids is 1. The van der Waals surface area contributed by atoms with Gasteiger partial charge in [-0.15, -0.1) is 0 Å². The maximum absolute atomic E-state index is 13.3. The molecule has 150 valence electrons. The molecule has 0 saturated carbocycles. The van der Waals surface area contributed by atoms with E-state index in [0.29, 0.717) is 12.1 Å². The molecule has 1 fully saturated rings. The lowest BCUT2D eigenvalue weighted by molar-refractivity contribution is -0.385. The minimum atomic E-state index is -0.518. The van der Waals surface area contributed by atoms with Crippen LogP contribution in [0.25, 0.3) is 11.0 Å². The van der Waals surface area contributed by atoms with Gasteiger partial charge in [-0.3, -0.25) is 14.9 Å². The summed E-state index contributed by atoms with van der Waals surface area (Å²) in [5, 5.41) is 11.1. The van der Waals surface area contributed by atoms with Gasteiger partial charge >= 0.3 is 5.69 Å². The molecule has 0 aliphatic carbocycles. The van der Waals surface area contributed by atoms with Gasteiger partial charge in [-0.1, -0.05) is 12.1 Å². The molecule has 4 rings (SSSR count). The number of rotatable bonds is 5. The van der Waals surface area contributed by atoms with Gasteiger partial charge in [-0.05, 0) is 38.0 Å². The summed E-state index contributed by atoms with van der Waals surface area (Å²) < 4.78 is 7.27. The van der Waals surface area contributed by atoms with Crippen molar-refractivity contribution in [3.8, 4) is 5.75 Å². The first kappa shape index (κ1) is 18.9. The first-order valence-corrected chi connectivity index (χ1v) is 9.63. The van der Waals surface area contributed by atoms with Crippen LogP contribution in [-0.4, -0.2) is 38.9 Å². The number of ether oxygens (including phenoxy) is 1. The van der Waals surface area contributed by atoms with Crippen LogP contribution in [0.2, 0.25) is 0 Å². The zero-order chi connectivity index (χ0) is 20.5. The molecule has 1 amide bonds. The number of aromatic nitrogens is 2. The third kappa shape index (κ3) is 3.20. The van der Waals surface area contributed by atoms with Crippen LogP contribution in [0.1, 0.15) is 42.0 Å². The third-order valence-electron chi connectivity index (χ3n) is 5.44. The molecule has 1 saturated heterocycles. The Morgan fingerprint density at radius 2 is 2.10 bits per heavy atom. The van der Waals surface area contributed by atoms with E-state index >= 15 is 0 Å². The second-order valence-electron chi connectivity index (χ2n) is 7.00. The topological polar surface area (TPSA) is 90.5 Å². The van der Waals surface area contributed by atoms with Crippen molar-refractivity contribution in [2.75, 3.05) is 13.7 Å². The Labute approximate surface area is 167 Å². The van der Waals surface area contributed by atoms with E-state index in [1.165, 1.54) is 25.3 Å². The fourth-order valence-corrected chi connectivity index (χ4v) is 4.09. The van der Waals surface area contributed by atoms with Crippen LogP contribution >= 0.6 is 0 Å². The van der Waals surface area contributed by atoms with E-state index in [2.05, 4.69) is 11.5 Å². The number of benzene rings is 2. The summed E-state index contributed by atoms with van der Waals surface area (Å²) in [4.78, 5) is 30.5. The largest absolute Gasteiger partial charge is 0.490 e. The van der Waals surface area contributed by atoms with E-state index in [1.807, 2.05) is 29.2 Å². The van der Waals surface area contributed by atoms with Gasteiger partial charge in [0.1, 0.15) is 5.82 Å². The second-order valence-corrected chi connectivity index (χ2v) is 7.00. The number of amides is 1. The third-order valence-corrected chi connectivity index (χ3v) is 5.44. The summed E-state index contributed by atoms with van der Waals surface area (Å²) in [6, 6.07) is 12.1. The Balaban J connectivity index is 1.71. The number of imidazole rings is 1. The Kier molecular flexibility index (Phi) is 4.92. The van der Waals surface area contributed by atoms with Crippen molar-refractivity contribution in [3.63, 3.8) is 0 Å². The number of nitro benzene ring substituents is 1. The van der Waals surface area contributed by atoms with Gasteiger partial charge in [0.05, 0.1) is 29.1 Å². The van der Waals surface area contributed by atoms with Crippen LogP contribution < -0.4 is 4.74 Å². The minimum Gasteiger partial charge on any atom is -0.490 e. The van der Waals surface area contributed by atoms with E-state index in [9.17, 15) is 14.9 Å². The standard InChI is InChI=1S/C21H22N4O4/c1-3-23-16-8-5-4-7-15(16)22-20(23)18-9-6-12-24(18)21(26)14-10-11-17(25(27)28)19(13-14)29-2/h4-5,7-8,10-11,13,18H,3,6,9,12H2,1-2H3. The van der Waals surface area contributed by atoms with Crippen molar-refractivity contribution in [1.82, 2.24) is 14.5 Å². The van der Waals surface area contributed by atoms with E-state index in [4.69, 9.17) is 9.72 Å². The van der Waals surface area contributed by atoms with Gasteiger partial charge in [0.25, 0.3) is 5.91 Å². The van der Waals surface area contributed by atoms with Crippen molar-refractivity contribution >= 4 is 22.6 Å². The average Bonchev–Trinajstić information content (AvgIpc) is 3.36. The number of nitrogens with zero attached hydrogens (tertiary/aromatic N) is 4. The molecule has 0 bridgehead atoms. The Morgan fingerprint density at radius 3 is 2.83 bits per heavy atom. The number of aryl methyl sites for hydroxylation is 1. The van der Waals surface area contributed by atoms with E-state index in [0.717, 1.165) is 36.2 Å². The number of nitro groups is 1. The lowest BCUT2D eigenvalue weighted by atomic mass is 10.1. The minimum absolute atomic E-state index is 0.0809. The lowest BCUT2D eigenvalue weighted by Crippen LogP contribution is -2.32. The Hall–Kier alpha value is -3.42. The highest BCUT2D eigenvalue weighted by atomic mass is 16.6. The van der Waals surface area contributed by atoms with Crippen LogP contribution in [0.15, 0.2) is 42.5 Å². The van der Waals surface area contributed by atoms with Gasteiger partial charge in [-0.2, -0.15) is 0 Å². The maximum atomic E-state index is 13.3. The predicted molar refractivity (Wildman–Crippen MR) is 108 cm³/mol. The smallest absolute Gasteiger partial charge is 0.310 e. The van der Waals surface area contributed by atoms with Crippen molar-refractivity contribution < 1.29 is 14.5 Å². The van der Waals surface area contributed by atoms with Crippen LogP contribution in [0.5, 0.6) is 5.75 Å². The fraction of sp³-hybridized carbons (Fsp3) is 0.333. The number of fused-ring (bicyclic) bond motifs is 1. The zero-order valence-electron chi connectivity index (χ0n) is 16.4. The summed E-state index contributed by atoms with van der Waals surface area (Å²) in [7, 11) is 1.36. The molecule has 1 aliphatic heterocycles. The Morgan fingerprint density at radius 1 is 1.31 bits per heavy atom. The first-order chi connectivity index (χ1) is 14.0. The molecule has 0 spiro atoms. The number of para-hydroxylation sites is 2. The molecule has 1 aliphatic rings. The highest BCUT2D eigenvalue weighted by molar-refractivity contribution is 5.95. The molecule has 1 unspecified atom stereocenters. The molecule has 2 aromatic carbocycles. The van der Waals surface area contributed by atoms with E-state index < -0.39 is 4.92 Å². The Bertz CT molecular complexity index is 1090. The molecule has 8 heteroatoms. The van der Waals surface area contributed by atoms with E-state index in [-0.39, 0.29) is 23.4 Å². The van der Waals surface area contributed by atoms with E-state index in [1.54, 1.807) is 0 Å². The van der Waals surface area contributed by atoms with Gasteiger partial charge in [-0.25, -0.2) is 4.98 Å². The molecule has 1 aromatic heterocycles. The summed E-state index contributed by atoms with van der Waals surface area (Å²) in [5.41, 5.74) is 2.19. The first-order valence-electron chi connectivity index (χ1n) is 9.63. The lowest BCUT2D eigenvalue weighted by Gasteiger charge is -2.25. The second kappa shape index (κ2) is 7.54. The molecular weight excluding hydrogens is 372 g/mol. The summed E-state index contributed by atoms with van der Waals surface area (Å²) in [6.07, 6.45) is 1.71. The number of methoxy groups -OCH3 is 1. The van der Waals surface area contributed by atoms with Crippen LogP contribution in [0.4, 0.5) is 5.69 Å². The number of hydrogen-bond acceptors (Lipinski definition) is 5. The number of hydrogen-bond donors (Lipinski definition) is 0. The number of carbonyl (C=O) groups is 1. The highest BCUT2D eigenvalue weighted by Gasteiger charge is 2.34.